The molecule has 0 aromatic heterocycles. The maximum Gasteiger partial charge on any atom is 0.413 e. The summed E-state index contributed by atoms with van der Waals surface area (Å²) < 4.78 is 10.4. The Labute approximate surface area is 99.5 Å². The third-order valence-corrected chi connectivity index (χ3v) is 2.39. The summed E-state index contributed by atoms with van der Waals surface area (Å²) in [6, 6.07) is 7.07. The Hall–Kier alpha value is -2.23. The molecule has 2 rings (SSSR count). The molecule has 1 heterocycles. The standard InChI is InChI=1S/C13H13NO3/c1-3-8-16-11-7-5-4-6-10(11)12-9(2)17-13(15)14-12/h3-7,12H,1-2,8H2,(H,14,15). The van der Waals surface area contributed by atoms with Gasteiger partial charge in [-0.3, -0.25) is 0 Å². The Morgan fingerprint density at radius 3 is 2.88 bits per heavy atom. The minimum absolute atomic E-state index is 0.358. The number of nitrogens with one attached hydrogen (secondary N) is 1. The van der Waals surface area contributed by atoms with Gasteiger partial charge in [-0.15, -0.1) is 0 Å². The fraction of sp³-hybridized carbons (Fsp3) is 0.154. The normalized spacial score (nSPS) is 18.5. The lowest BCUT2D eigenvalue weighted by molar-refractivity contribution is 0.195. The molecule has 1 aromatic carbocycles. The van der Waals surface area contributed by atoms with Crippen molar-refractivity contribution in [2.24, 2.45) is 0 Å². The monoisotopic (exact) mass is 231 g/mol. The number of alkyl carbamates (subject to hydrolysis) is 1. The van der Waals surface area contributed by atoms with Crippen molar-refractivity contribution in [1.82, 2.24) is 5.32 Å². The van der Waals surface area contributed by atoms with Crippen molar-refractivity contribution in [1.29, 1.82) is 0 Å². The van der Waals surface area contributed by atoms with Crippen molar-refractivity contribution in [3.05, 3.63) is 54.8 Å². The summed E-state index contributed by atoms with van der Waals surface area (Å²) in [4.78, 5) is 11.1. The SMILES string of the molecule is C=CCOc1ccccc1C1NC(=O)OC1=C. The first-order valence-corrected chi connectivity index (χ1v) is 5.22. The van der Waals surface area contributed by atoms with Gasteiger partial charge in [-0.05, 0) is 6.07 Å². The Balaban J connectivity index is 2.28. The molecule has 0 aliphatic carbocycles. The van der Waals surface area contributed by atoms with Crippen LogP contribution in [0.4, 0.5) is 4.79 Å². The van der Waals surface area contributed by atoms with Crippen LogP contribution in [0.25, 0.3) is 0 Å². The van der Waals surface area contributed by atoms with Crippen LogP contribution in [-0.4, -0.2) is 12.7 Å². The van der Waals surface area contributed by atoms with E-state index in [1.807, 2.05) is 24.3 Å². The number of benzene rings is 1. The number of cyclic esters (lactones) is 1. The van der Waals surface area contributed by atoms with Crippen LogP contribution in [0.1, 0.15) is 11.6 Å². The van der Waals surface area contributed by atoms with E-state index < -0.39 is 6.09 Å². The summed E-state index contributed by atoms with van der Waals surface area (Å²) in [5, 5.41) is 2.67. The van der Waals surface area contributed by atoms with Crippen molar-refractivity contribution in [3.8, 4) is 5.75 Å². The molecule has 4 heteroatoms. The smallest absolute Gasteiger partial charge is 0.413 e. The number of amides is 1. The van der Waals surface area contributed by atoms with E-state index in [1.165, 1.54) is 0 Å². The van der Waals surface area contributed by atoms with E-state index in [0.717, 1.165) is 5.56 Å². The lowest BCUT2D eigenvalue weighted by Crippen LogP contribution is -2.18. The number of ether oxygens (including phenoxy) is 2. The van der Waals surface area contributed by atoms with Crippen molar-refractivity contribution < 1.29 is 14.3 Å². The van der Waals surface area contributed by atoms with Gasteiger partial charge in [-0.1, -0.05) is 37.4 Å². The van der Waals surface area contributed by atoms with Crippen LogP contribution in [0.2, 0.25) is 0 Å². The van der Waals surface area contributed by atoms with Gasteiger partial charge in [0.1, 0.15) is 24.2 Å². The fourth-order valence-corrected chi connectivity index (χ4v) is 1.66. The summed E-state index contributed by atoms with van der Waals surface area (Å²) in [5.74, 6) is 1.06. The number of carbonyl (C=O) groups is 1. The summed E-state index contributed by atoms with van der Waals surface area (Å²) >= 11 is 0. The highest BCUT2D eigenvalue weighted by Crippen LogP contribution is 2.32. The van der Waals surface area contributed by atoms with E-state index in [2.05, 4.69) is 18.5 Å². The van der Waals surface area contributed by atoms with Gasteiger partial charge in [0.25, 0.3) is 0 Å². The Morgan fingerprint density at radius 1 is 1.47 bits per heavy atom. The molecule has 0 saturated carbocycles. The van der Waals surface area contributed by atoms with Gasteiger partial charge in [0, 0.05) is 5.56 Å². The van der Waals surface area contributed by atoms with E-state index in [1.54, 1.807) is 6.08 Å². The number of rotatable bonds is 4. The van der Waals surface area contributed by atoms with Gasteiger partial charge in [0.2, 0.25) is 0 Å². The number of hydrogen-bond donors (Lipinski definition) is 1. The maximum absolute atomic E-state index is 11.1. The first-order valence-electron chi connectivity index (χ1n) is 5.22. The summed E-state index contributed by atoms with van der Waals surface area (Å²) in [6.07, 6.45) is 1.17. The zero-order chi connectivity index (χ0) is 12.3. The molecule has 1 aliphatic rings. The van der Waals surface area contributed by atoms with E-state index in [0.29, 0.717) is 18.1 Å². The van der Waals surface area contributed by atoms with Crippen LogP contribution < -0.4 is 10.1 Å². The predicted molar refractivity (Wildman–Crippen MR) is 63.6 cm³/mol. The molecular formula is C13H13NO3. The molecule has 1 saturated heterocycles. The van der Waals surface area contributed by atoms with Gasteiger partial charge < -0.3 is 14.8 Å². The molecule has 0 spiro atoms. The van der Waals surface area contributed by atoms with Crippen LogP contribution in [0.5, 0.6) is 5.75 Å². The number of para-hydroxylation sites is 1. The minimum Gasteiger partial charge on any atom is -0.489 e. The van der Waals surface area contributed by atoms with Crippen molar-refractivity contribution in [2.45, 2.75) is 6.04 Å². The van der Waals surface area contributed by atoms with Crippen molar-refractivity contribution in [3.63, 3.8) is 0 Å². The molecular weight excluding hydrogens is 218 g/mol. The maximum atomic E-state index is 11.1. The third kappa shape index (κ3) is 2.30. The quantitative estimate of drug-likeness (QED) is 0.810. The minimum atomic E-state index is -0.487. The molecule has 1 fully saturated rings. The summed E-state index contributed by atoms with van der Waals surface area (Å²) in [7, 11) is 0. The number of carbonyl (C=O) groups excluding carboxylic acids is 1. The molecule has 88 valence electrons. The molecule has 17 heavy (non-hydrogen) atoms. The molecule has 1 aliphatic heterocycles. The number of hydrogen-bond acceptors (Lipinski definition) is 3. The van der Waals surface area contributed by atoms with Crippen LogP contribution in [0.3, 0.4) is 0 Å². The van der Waals surface area contributed by atoms with Crippen LogP contribution in [0.15, 0.2) is 49.3 Å². The Kier molecular flexibility index (Phi) is 3.14. The first kappa shape index (κ1) is 11.3. The predicted octanol–water partition coefficient (Wildman–Crippen LogP) is 2.55. The topological polar surface area (TPSA) is 47.6 Å². The molecule has 0 radical (unpaired) electrons. The van der Waals surface area contributed by atoms with Crippen molar-refractivity contribution >= 4 is 6.09 Å². The van der Waals surface area contributed by atoms with Gasteiger partial charge in [0.05, 0.1) is 0 Å². The lowest BCUT2D eigenvalue weighted by Gasteiger charge is -2.14. The Bertz CT molecular complexity index is 467. The highest BCUT2D eigenvalue weighted by atomic mass is 16.6. The zero-order valence-electron chi connectivity index (χ0n) is 9.31. The first-order chi connectivity index (χ1) is 8.22. The molecule has 1 amide bonds. The summed E-state index contributed by atoms with van der Waals surface area (Å²) in [5.41, 5.74) is 0.824. The van der Waals surface area contributed by atoms with Crippen molar-refractivity contribution in [2.75, 3.05) is 6.61 Å². The molecule has 4 nitrogen and oxygen atoms in total. The van der Waals surface area contributed by atoms with Gasteiger partial charge in [-0.2, -0.15) is 0 Å². The highest BCUT2D eigenvalue weighted by molar-refractivity contribution is 5.73. The molecule has 1 N–H and O–H groups in total. The fourth-order valence-electron chi connectivity index (χ4n) is 1.66. The van der Waals surface area contributed by atoms with Crippen LogP contribution in [0, 0.1) is 0 Å². The van der Waals surface area contributed by atoms with E-state index >= 15 is 0 Å². The van der Waals surface area contributed by atoms with Crippen LogP contribution >= 0.6 is 0 Å². The second-order valence-electron chi connectivity index (χ2n) is 3.57. The zero-order valence-corrected chi connectivity index (χ0v) is 9.31. The largest absolute Gasteiger partial charge is 0.489 e. The van der Waals surface area contributed by atoms with Gasteiger partial charge in [-0.25, -0.2) is 4.79 Å². The average Bonchev–Trinajstić information content (AvgIpc) is 2.66. The second kappa shape index (κ2) is 4.74. The van der Waals surface area contributed by atoms with E-state index in [4.69, 9.17) is 9.47 Å². The van der Waals surface area contributed by atoms with E-state index in [-0.39, 0.29) is 6.04 Å². The van der Waals surface area contributed by atoms with Gasteiger partial charge in [0.15, 0.2) is 0 Å². The summed E-state index contributed by atoms with van der Waals surface area (Å²) in [6.45, 7) is 7.70. The van der Waals surface area contributed by atoms with Crippen LogP contribution in [-0.2, 0) is 4.74 Å². The Morgan fingerprint density at radius 2 is 2.24 bits per heavy atom. The second-order valence-corrected chi connectivity index (χ2v) is 3.57. The molecule has 1 unspecified atom stereocenters. The molecule has 0 bridgehead atoms. The van der Waals surface area contributed by atoms with E-state index in [9.17, 15) is 4.79 Å². The van der Waals surface area contributed by atoms with Gasteiger partial charge >= 0.3 is 6.09 Å². The molecule has 1 atom stereocenters. The average molecular weight is 231 g/mol. The highest BCUT2D eigenvalue weighted by Gasteiger charge is 2.30. The molecule has 1 aromatic rings. The lowest BCUT2D eigenvalue weighted by atomic mass is 10.1. The third-order valence-electron chi connectivity index (χ3n) is 2.39.